The van der Waals surface area contributed by atoms with Gasteiger partial charge < -0.3 is 25.0 Å². The second-order valence-electron chi connectivity index (χ2n) is 6.73. The Morgan fingerprint density at radius 3 is 2.63 bits per heavy atom. The van der Waals surface area contributed by atoms with Gasteiger partial charge in [-0.05, 0) is 49.2 Å². The van der Waals surface area contributed by atoms with E-state index in [-0.39, 0.29) is 0 Å². The van der Waals surface area contributed by atoms with E-state index in [1.807, 2.05) is 30.3 Å². The number of aromatic nitrogens is 2. The van der Waals surface area contributed by atoms with Gasteiger partial charge in [-0.1, -0.05) is 0 Å². The number of aromatic amines is 1. The Balaban J connectivity index is 1.37. The van der Waals surface area contributed by atoms with Crippen LogP contribution in [0.2, 0.25) is 0 Å². The minimum absolute atomic E-state index is 0.303. The first-order chi connectivity index (χ1) is 13.1. The van der Waals surface area contributed by atoms with Crippen molar-refractivity contribution in [1.29, 1.82) is 0 Å². The molecule has 1 aromatic heterocycles. The van der Waals surface area contributed by atoms with E-state index in [0.29, 0.717) is 11.6 Å². The lowest BCUT2D eigenvalue weighted by atomic mass is 10.0. The maximum atomic E-state index is 10.9. The number of carboxylic acids is 1. The molecule has 2 heterocycles. The van der Waals surface area contributed by atoms with Crippen LogP contribution < -0.4 is 15.0 Å². The first-order valence-corrected chi connectivity index (χ1v) is 9.01. The van der Waals surface area contributed by atoms with Crippen LogP contribution in [0, 0.1) is 0 Å². The summed E-state index contributed by atoms with van der Waals surface area (Å²) in [7, 11) is 1.65. The van der Waals surface area contributed by atoms with E-state index in [9.17, 15) is 4.79 Å². The van der Waals surface area contributed by atoms with Gasteiger partial charge in [0, 0.05) is 30.9 Å². The lowest BCUT2D eigenvalue weighted by Gasteiger charge is -2.32. The van der Waals surface area contributed by atoms with Crippen molar-refractivity contribution in [3.05, 3.63) is 48.0 Å². The van der Waals surface area contributed by atoms with Gasteiger partial charge in [0.05, 0.1) is 23.7 Å². The highest BCUT2D eigenvalue weighted by atomic mass is 16.5. The van der Waals surface area contributed by atoms with Gasteiger partial charge in [0.2, 0.25) is 5.95 Å². The highest BCUT2D eigenvalue weighted by Crippen LogP contribution is 2.25. The zero-order chi connectivity index (χ0) is 18.8. The van der Waals surface area contributed by atoms with Gasteiger partial charge >= 0.3 is 5.97 Å². The fourth-order valence-electron chi connectivity index (χ4n) is 3.43. The number of rotatable bonds is 5. The van der Waals surface area contributed by atoms with Crippen LogP contribution in [0.3, 0.4) is 0 Å². The van der Waals surface area contributed by atoms with Crippen LogP contribution in [-0.4, -0.2) is 47.3 Å². The molecule has 3 N–H and O–H groups in total. The van der Waals surface area contributed by atoms with Gasteiger partial charge in [0.15, 0.2) is 0 Å². The molecule has 0 aliphatic carbocycles. The van der Waals surface area contributed by atoms with Crippen LogP contribution in [0.15, 0.2) is 42.5 Å². The topological polar surface area (TPSA) is 90.5 Å². The molecule has 0 spiro atoms. The molecule has 0 atom stereocenters. The highest BCUT2D eigenvalue weighted by molar-refractivity contribution is 5.88. The third kappa shape index (κ3) is 3.67. The van der Waals surface area contributed by atoms with Gasteiger partial charge in [-0.2, -0.15) is 0 Å². The number of ether oxygens (including phenoxy) is 1. The fourth-order valence-corrected chi connectivity index (χ4v) is 3.43. The zero-order valence-electron chi connectivity index (χ0n) is 15.1. The van der Waals surface area contributed by atoms with E-state index >= 15 is 0 Å². The number of H-pyrrole nitrogens is 1. The molecule has 7 nitrogen and oxygen atoms in total. The molecule has 7 heteroatoms. The molecular formula is C20H22N4O3. The summed E-state index contributed by atoms with van der Waals surface area (Å²) in [6, 6.07) is 13.1. The number of aromatic carboxylic acids is 1. The summed E-state index contributed by atoms with van der Waals surface area (Å²) in [5, 5.41) is 12.5. The summed E-state index contributed by atoms with van der Waals surface area (Å²) in [5.41, 5.74) is 3.17. The Kier molecular flexibility index (Phi) is 4.58. The van der Waals surface area contributed by atoms with Gasteiger partial charge in [0.1, 0.15) is 5.75 Å². The molecule has 0 amide bonds. The summed E-state index contributed by atoms with van der Waals surface area (Å²) in [4.78, 5) is 21.3. The van der Waals surface area contributed by atoms with E-state index < -0.39 is 5.97 Å². The first kappa shape index (κ1) is 17.2. The molecule has 27 heavy (non-hydrogen) atoms. The summed E-state index contributed by atoms with van der Waals surface area (Å²) >= 11 is 0. The molecule has 0 saturated carbocycles. The van der Waals surface area contributed by atoms with Crippen LogP contribution in [-0.2, 0) is 0 Å². The molecule has 140 valence electrons. The minimum Gasteiger partial charge on any atom is -0.497 e. The molecule has 1 aliphatic heterocycles. The predicted molar refractivity (Wildman–Crippen MR) is 105 cm³/mol. The van der Waals surface area contributed by atoms with E-state index in [4.69, 9.17) is 14.8 Å². The molecule has 1 fully saturated rings. The number of benzene rings is 2. The van der Waals surface area contributed by atoms with Crippen molar-refractivity contribution in [2.24, 2.45) is 0 Å². The lowest BCUT2D eigenvalue weighted by Crippen LogP contribution is -2.39. The molecule has 2 aromatic carbocycles. The standard InChI is InChI=1S/C20H22N4O3/c1-27-16-6-7-17-18(12-16)23-20(22-17)24-10-8-15(9-11-24)21-14-4-2-13(3-5-14)19(25)26/h2-7,12,15,21H,8-11H2,1H3,(H,22,23)(H,25,26). The monoisotopic (exact) mass is 366 g/mol. The zero-order valence-corrected chi connectivity index (χ0v) is 15.1. The Morgan fingerprint density at radius 2 is 1.96 bits per heavy atom. The SMILES string of the molecule is COc1ccc2[nH]c(N3CCC(Nc4ccc(C(=O)O)cc4)CC3)nc2c1. The number of nitrogens with zero attached hydrogens (tertiary/aromatic N) is 2. The van der Waals surface area contributed by atoms with Gasteiger partial charge in [-0.25, -0.2) is 9.78 Å². The predicted octanol–water partition coefficient (Wildman–Crippen LogP) is 3.35. The molecule has 4 rings (SSSR count). The number of methoxy groups -OCH3 is 1. The normalized spacial score (nSPS) is 15.1. The van der Waals surface area contributed by atoms with Crippen LogP contribution in [0.25, 0.3) is 11.0 Å². The molecule has 3 aromatic rings. The Morgan fingerprint density at radius 1 is 1.22 bits per heavy atom. The molecule has 0 bridgehead atoms. The molecule has 0 unspecified atom stereocenters. The van der Waals surface area contributed by atoms with Crippen LogP contribution in [0.4, 0.5) is 11.6 Å². The largest absolute Gasteiger partial charge is 0.497 e. The van der Waals surface area contributed by atoms with Crippen LogP contribution >= 0.6 is 0 Å². The third-order valence-electron chi connectivity index (χ3n) is 4.97. The average Bonchev–Trinajstić information content (AvgIpc) is 3.12. The van der Waals surface area contributed by atoms with Gasteiger partial charge in [0.25, 0.3) is 0 Å². The summed E-state index contributed by atoms with van der Waals surface area (Å²) in [6.45, 7) is 1.81. The molecule has 1 aliphatic rings. The number of fused-ring (bicyclic) bond motifs is 1. The number of hydrogen-bond acceptors (Lipinski definition) is 5. The van der Waals surface area contributed by atoms with Crippen LogP contribution in [0.1, 0.15) is 23.2 Å². The Bertz CT molecular complexity index is 944. The highest BCUT2D eigenvalue weighted by Gasteiger charge is 2.21. The smallest absolute Gasteiger partial charge is 0.335 e. The number of nitrogens with one attached hydrogen (secondary N) is 2. The van der Waals surface area contributed by atoms with E-state index in [0.717, 1.165) is 54.3 Å². The third-order valence-corrected chi connectivity index (χ3v) is 4.97. The number of imidazole rings is 1. The van der Waals surface area contributed by atoms with Crippen molar-refractivity contribution in [1.82, 2.24) is 9.97 Å². The van der Waals surface area contributed by atoms with Crippen molar-refractivity contribution in [3.63, 3.8) is 0 Å². The van der Waals surface area contributed by atoms with Crippen molar-refractivity contribution >= 4 is 28.6 Å². The van der Waals surface area contributed by atoms with Crippen molar-refractivity contribution < 1.29 is 14.6 Å². The second kappa shape index (κ2) is 7.19. The number of carbonyl (C=O) groups is 1. The Labute approximate surface area is 157 Å². The minimum atomic E-state index is -0.904. The molecule has 0 radical (unpaired) electrons. The van der Waals surface area contributed by atoms with E-state index in [1.165, 1.54) is 0 Å². The molecule has 1 saturated heterocycles. The van der Waals surface area contributed by atoms with Gasteiger partial charge in [-0.15, -0.1) is 0 Å². The van der Waals surface area contributed by atoms with Crippen LogP contribution in [0.5, 0.6) is 5.75 Å². The first-order valence-electron chi connectivity index (χ1n) is 9.01. The van der Waals surface area contributed by atoms with E-state index in [1.54, 1.807) is 19.2 Å². The quantitative estimate of drug-likeness (QED) is 0.642. The summed E-state index contributed by atoms with van der Waals surface area (Å²) < 4.78 is 5.26. The Hall–Kier alpha value is -3.22. The summed E-state index contributed by atoms with van der Waals surface area (Å²) in [5.74, 6) is 0.790. The van der Waals surface area contributed by atoms with Crippen molar-refractivity contribution in [2.75, 3.05) is 30.4 Å². The maximum absolute atomic E-state index is 10.9. The van der Waals surface area contributed by atoms with Gasteiger partial charge in [-0.3, -0.25) is 0 Å². The lowest BCUT2D eigenvalue weighted by molar-refractivity contribution is 0.0697. The van der Waals surface area contributed by atoms with E-state index in [2.05, 4.69) is 15.2 Å². The molecular weight excluding hydrogens is 344 g/mol. The number of anilines is 2. The van der Waals surface area contributed by atoms with Crippen molar-refractivity contribution in [3.8, 4) is 5.75 Å². The number of hydrogen-bond donors (Lipinski definition) is 3. The number of carboxylic acid groups (broad SMARTS) is 1. The summed E-state index contributed by atoms with van der Waals surface area (Å²) in [6.07, 6.45) is 1.97. The average molecular weight is 366 g/mol. The second-order valence-corrected chi connectivity index (χ2v) is 6.73. The maximum Gasteiger partial charge on any atom is 0.335 e. The number of piperidine rings is 1. The van der Waals surface area contributed by atoms with Crippen molar-refractivity contribution in [2.45, 2.75) is 18.9 Å². The fraction of sp³-hybridized carbons (Fsp3) is 0.300.